The quantitative estimate of drug-likeness (QED) is 0.189. The summed E-state index contributed by atoms with van der Waals surface area (Å²) in [6.07, 6.45) is 0. The first-order valence-electron chi connectivity index (χ1n) is 13.4. The van der Waals surface area contributed by atoms with Gasteiger partial charge < -0.3 is 0 Å². The fourth-order valence-electron chi connectivity index (χ4n) is 2.92. The zero-order valence-electron chi connectivity index (χ0n) is 24.8. The second kappa shape index (κ2) is 19.6. The molecule has 4 rings (SSSR count). The number of carbonyl (C=O) groups excluding carboxylic acids is 2. The van der Waals surface area contributed by atoms with Crippen LogP contribution in [-0.4, -0.2) is 30.0 Å². The fraction of sp³-hybridized carbons (Fsp3) is 0.222. The van der Waals surface area contributed by atoms with Gasteiger partial charge >= 0.3 is 0 Å². The number of Topliss-reactive ketones (excluding diaryl/α,β-unsaturated/α-hetero) is 2. The fourth-order valence-corrected chi connectivity index (χ4v) is 2.92. The van der Waals surface area contributed by atoms with Crippen molar-refractivity contribution in [2.45, 2.75) is 41.5 Å². The molecule has 40 heavy (non-hydrogen) atoms. The van der Waals surface area contributed by atoms with Crippen LogP contribution >= 0.6 is 0 Å². The van der Waals surface area contributed by atoms with Gasteiger partial charge in [-0.25, -0.2) is 0 Å². The topological polar surface area (TPSA) is 58.9 Å². The molecule has 0 heterocycles. The Balaban J connectivity index is 0.000000282. The molecule has 208 valence electrons. The number of hydrogen-bond donors (Lipinski definition) is 0. The monoisotopic (exact) mass is 534 g/mol. The number of para-hydroxylation sites is 1. The predicted molar refractivity (Wildman–Crippen MR) is 171 cm³/mol. The minimum absolute atomic E-state index is 0.121. The molecule has 0 atom stereocenters. The molecule has 0 aliphatic heterocycles. The van der Waals surface area contributed by atoms with Crippen LogP contribution in [0.1, 0.15) is 63.0 Å². The van der Waals surface area contributed by atoms with E-state index in [9.17, 15) is 9.59 Å². The van der Waals surface area contributed by atoms with Gasteiger partial charge in [-0.05, 0) is 51.0 Å². The SMILES string of the molecule is CC(=Nc1ccccc1)c1ccccc1.CC(=O)C(C)C.CC(=O)c1ccccc1.CN=C(C)c1ccccc1. The number of hydrogen-bond acceptors (Lipinski definition) is 4. The number of carbonyl (C=O) groups is 2. The van der Waals surface area contributed by atoms with Crippen LogP contribution in [0.4, 0.5) is 5.69 Å². The van der Waals surface area contributed by atoms with E-state index < -0.39 is 0 Å². The first kappa shape index (κ1) is 33.6. The number of aliphatic imine (C=N–C) groups is 2. The van der Waals surface area contributed by atoms with Crippen molar-refractivity contribution in [2.75, 3.05) is 7.05 Å². The van der Waals surface area contributed by atoms with Crippen LogP contribution < -0.4 is 0 Å². The van der Waals surface area contributed by atoms with Crippen molar-refractivity contribution < 1.29 is 9.59 Å². The van der Waals surface area contributed by atoms with E-state index in [2.05, 4.69) is 34.3 Å². The third kappa shape index (κ3) is 14.5. The Morgan fingerprint density at radius 2 is 0.850 bits per heavy atom. The maximum absolute atomic E-state index is 10.6. The summed E-state index contributed by atoms with van der Waals surface area (Å²) in [6, 6.07) is 39.6. The number of ketones is 2. The standard InChI is InChI=1S/C14H13N.C9H11N.C8H8O.C5H10O/c1-12(13-8-4-2-5-9-13)15-14-10-6-3-7-11-14;1-8(10-2)9-6-4-3-5-7-9;1-7(9)8-5-3-2-4-6-8;1-4(2)5(3)6/h2-11H,1H3;3-7H,1-2H3;2-6H,1H3;4H,1-3H3. The van der Waals surface area contributed by atoms with Gasteiger partial charge in [-0.3, -0.25) is 19.6 Å². The average Bonchev–Trinajstić information content (AvgIpc) is 2.99. The minimum Gasteiger partial charge on any atom is -0.300 e. The molecular formula is C36H42N2O2. The van der Waals surface area contributed by atoms with Gasteiger partial charge in [-0.2, -0.15) is 0 Å². The Morgan fingerprint density at radius 3 is 1.15 bits per heavy atom. The Morgan fingerprint density at radius 1 is 0.525 bits per heavy atom. The molecule has 0 radical (unpaired) electrons. The molecule has 0 aliphatic carbocycles. The molecule has 4 aromatic rings. The molecular weight excluding hydrogens is 492 g/mol. The second-order valence-corrected chi connectivity index (χ2v) is 9.26. The van der Waals surface area contributed by atoms with Crippen molar-refractivity contribution >= 4 is 28.7 Å². The van der Waals surface area contributed by atoms with Gasteiger partial charge in [0.25, 0.3) is 0 Å². The lowest BCUT2D eigenvalue weighted by Crippen LogP contribution is -1.98. The third-order valence-electron chi connectivity index (χ3n) is 5.76. The zero-order valence-corrected chi connectivity index (χ0v) is 24.8. The van der Waals surface area contributed by atoms with Crippen LogP contribution in [-0.2, 0) is 4.79 Å². The lowest BCUT2D eigenvalue weighted by Gasteiger charge is -2.00. The van der Waals surface area contributed by atoms with Crippen LogP contribution in [0.3, 0.4) is 0 Å². The number of rotatable bonds is 5. The Bertz CT molecular complexity index is 1310. The maximum atomic E-state index is 10.6. The summed E-state index contributed by atoms with van der Waals surface area (Å²) in [4.78, 5) is 29.4. The van der Waals surface area contributed by atoms with Gasteiger partial charge in [0.1, 0.15) is 5.78 Å². The van der Waals surface area contributed by atoms with Gasteiger partial charge in [-0.15, -0.1) is 0 Å². The summed E-state index contributed by atoms with van der Waals surface area (Å²) >= 11 is 0. The summed E-state index contributed by atoms with van der Waals surface area (Å²) < 4.78 is 0. The molecule has 0 aromatic heterocycles. The Labute approximate surface area is 240 Å². The smallest absolute Gasteiger partial charge is 0.159 e. The Hall–Kier alpha value is -4.44. The zero-order chi connectivity index (χ0) is 29.8. The lowest BCUT2D eigenvalue weighted by atomic mass is 10.1. The summed E-state index contributed by atoms with van der Waals surface area (Å²) in [6.45, 7) is 11.0. The highest BCUT2D eigenvalue weighted by molar-refractivity contribution is 6.00. The van der Waals surface area contributed by atoms with E-state index in [1.165, 1.54) is 11.1 Å². The first-order chi connectivity index (χ1) is 19.1. The maximum Gasteiger partial charge on any atom is 0.159 e. The molecule has 0 spiro atoms. The van der Waals surface area contributed by atoms with Crippen LogP contribution in [0.15, 0.2) is 131 Å². The van der Waals surface area contributed by atoms with E-state index in [1.54, 1.807) is 13.8 Å². The number of nitrogens with zero attached hydrogens (tertiary/aromatic N) is 2. The highest BCUT2D eigenvalue weighted by Gasteiger charge is 1.96. The van der Waals surface area contributed by atoms with Crippen molar-refractivity contribution in [3.8, 4) is 0 Å². The van der Waals surface area contributed by atoms with E-state index >= 15 is 0 Å². The molecule has 0 aliphatic rings. The number of benzene rings is 4. The van der Waals surface area contributed by atoms with Crippen molar-refractivity contribution in [1.82, 2.24) is 0 Å². The normalized spacial score (nSPS) is 10.6. The average molecular weight is 535 g/mol. The molecule has 0 fully saturated rings. The van der Waals surface area contributed by atoms with E-state index in [0.717, 1.165) is 22.7 Å². The molecule has 4 heteroatoms. The molecule has 0 saturated carbocycles. The van der Waals surface area contributed by atoms with Gasteiger partial charge in [0, 0.05) is 30.0 Å². The van der Waals surface area contributed by atoms with Gasteiger partial charge in [0.05, 0.1) is 5.69 Å². The van der Waals surface area contributed by atoms with Crippen LogP contribution in [0.5, 0.6) is 0 Å². The summed E-state index contributed by atoms with van der Waals surface area (Å²) in [5, 5.41) is 0. The van der Waals surface area contributed by atoms with Gasteiger partial charge in [0.15, 0.2) is 5.78 Å². The summed E-state index contributed by atoms with van der Waals surface area (Å²) in [5.74, 6) is 0.593. The molecule has 0 amide bonds. The van der Waals surface area contributed by atoms with Crippen LogP contribution in [0, 0.1) is 5.92 Å². The predicted octanol–water partition coefficient (Wildman–Crippen LogP) is 9.07. The van der Waals surface area contributed by atoms with E-state index in [0.29, 0.717) is 0 Å². The van der Waals surface area contributed by atoms with E-state index in [1.807, 2.05) is 132 Å². The molecule has 0 unspecified atom stereocenters. The van der Waals surface area contributed by atoms with Gasteiger partial charge in [0.2, 0.25) is 0 Å². The largest absolute Gasteiger partial charge is 0.300 e. The van der Waals surface area contributed by atoms with Crippen LogP contribution in [0.25, 0.3) is 0 Å². The summed E-state index contributed by atoms with van der Waals surface area (Å²) in [7, 11) is 1.81. The van der Waals surface area contributed by atoms with E-state index in [4.69, 9.17) is 0 Å². The lowest BCUT2D eigenvalue weighted by molar-refractivity contribution is -0.119. The minimum atomic E-state index is 0.121. The third-order valence-corrected chi connectivity index (χ3v) is 5.76. The molecule has 4 nitrogen and oxygen atoms in total. The first-order valence-corrected chi connectivity index (χ1v) is 13.4. The highest BCUT2D eigenvalue weighted by Crippen LogP contribution is 2.12. The molecule has 4 aromatic carbocycles. The Kier molecular flexibility index (Phi) is 16.5. The second-order valence-electron chi connectivity index (χ2n) is 9.26. The van der Waals surface area contributed by atoms with Crippen molar-refractivity contribution in [1.29, 1.82) is 0 Å². The molecule has 0 bridgehead atoms. The van der Waals surface area contributed by atoms with E-state index in [-0.39, 0.29) is 17.5 Å². The van der Waals surface area contributed by atoms with Gasteiger partial charge in [-0.1, -0.05) is 123 Å². The van der Waals surface area contributed by atoms with Crippen LogP contribution in [0.2, 0.25) is 0 Å². The highest BCUT2D eigenvalue weighted by atomic mass is 16.1. The van der Waals surface area contributed by atoms with Crippen molar-refractivity contribution in [2.24, 2.45) is 15.9 Å². The molecule has 0 saturated heterocycles. The van der Waals surface area contributed by atoms with Crippen molar-refractivity contribution in [3.05, 3.63) is 138 Å². The summed E-state index contributed by atoms with van der Waals surface area (Å²) in [5.41, 5.74) is 6.27. The van der Waals surface area contributed by atoms with Crippen molar-refractivity contribution in [3.63, 3.8) is 0 Å². The molecule has 0 N–H and O–H groups in total.